The molecular formula is C64H58N4O8S2. The molecule has 4 amide bonds. The second-order valence-corrected chi connectivity index (χ2v) is 21.3. The van der Waals surface area contributed by atoms with E-state index < -0.39 is 58.2 Å². The van der Waals surface area contributed by atoms with Gasteiger partial charge < -0.3 is 31.5 Å². The molecule has 0 aromatic heterocycles. The minimum absolute atomic E-state index is 0.0652. The van der Waals surface area contributed by atoms with E-state index in [1.807, 2.05) is 170 Å². The van der Waals surface area contributed by atoms with Crippen molar-refractivity contribution < 1.29 is 39.0 Å². The Kier molecular flexibility index (Phi) is 19.8. The number of carboxylic acid groups (broad SMARTS) is 2. The smallest absolute Gasteiger partial charge is 0.335 e. The molecule has 0 saturated carbocycles. The molecule has 0 aliphatic rings. The lowest BCUT2D eigenvalue weighted by molar-refractivity contribution is -0.128. The standard InChI is InChI=1S/C64H58N4O8S2/c69-59(65-41-47-13-5-1-6-14-47)55(37-43-21-29-51(30-22-43)49-17-9-3-10-18-49)67-61(71)57(39-45-25-33-53(34-26-45)63(73)74)77-78-58(40-46-27-35-54(36-28-46)64(75)76)62(72)68-56(60(70)66-42-48-15-7-2-8-16-48)38-44-23-31-52(32-24-44)50-19-11-4-12-20-50/h1-36,55-58H,37-42H2,(H,65,69)(H,66,70)(H,67,71)(H,68,72)(H,73,74)(H,75,76)/t55-,56-,57-,58-/m0/s1. The van der Waals surface area contributed by atoms with Gasteiger partial charge in [0.1, 0.15) is 12.1 Å². The molecule has 0 unspecified atom stereocenters. The average molecular weight is 1080 g/mol. The second-order valence-electron chi connectivity index (χ2n) is 18.6. The van der Waals surface area contributed by atoms with Crippen LogP contribution in [-0.4, -0.2) is 68.4 Å². The predicted molar refractivity (Wildman–Crippen MR) is 309 cm³/mol. The molecule has 0 bridgehead atoms. The third-order valence-electron chi connectivity index (χ3n) is 13.0. The van der Waals surface area contributed by atoms with Gasteiger partial charge in [0.05, 0.1) is 21.6 Å². The van der Waals surface area contributed by atoms with E-state index in [-0.39, 0.29) is 49.9 Å². The van der Waals surface area contributed by atoms with Crippen molar-refractivity contribution in [2.75, 3.05) is 0 Å². The lowest BCUT2D eigenvalue weighted by Gasteiger charge is -2.25. The van der Waals surface area contributed by atoms with Crippen LogP contribution in [0.3, 0.4) is 0 Å². The molecule has 4 atom stereocenters. The van der Waals surface area contributed by atoms with Gasteiger partial charge in [0, 0.05) is 25.9 Å². The summed E-state index contributed by atoms with van der Waals surface area (Å²) in [5.41, 5.74) is 8.79. The van der Waals surface area contributed by atoms with Gasteiger partial charge in [-0.1, -0.05) is 216 Å². The minimum Gasteiger partial charge on any atom is -0.478 e. The molecule has 0 spiro atoms. The van der Waals surface area contributed by atoms with Gasteiger partial charge in [0.15, 0.2) is 0 Å². The van der Waals surface area contributed by atoms with Crippen LogP contribution in [0.2, 0.25) is 0 Å². The first-order valence-electron chi connectivity index (χ1n) is 25.4. The Hall–Kier alpha value is -8.72. The number of carbonyl (C=O) groups excluding carboxylic acids is 4. The van der Waals surface area contributed by atoms with E-state index in [0.717, 1.165) is 66.1 Å². The van der Waals surface area contributed by atoms with Crippen LogP contribution in [-0.2, 0) is 58.0 Å². The molecule has 0 fully saturated rings. The molecule has 8 aromatic rings. The Bertz CT molecular complexity index is 3040. The topological polar surface area (TPSA) is 191 Å². The Morgan fingerprint density at radius 2 is 0.603 bits per heavy atom. The summed E-state index contributed by atoms with van der Waals surface area (Å²) in [6, 6.07) is 64.5. The lowest BCUT2D eigenvalue weighted by Crippen LogP contribution is -2.51. The molecule has 12 nitrogen and oxygen atoms in total. The zero-order valence-corrected chi connectivity index (χ0v) is 44.1. The van der Waals surface area contributed by atoms with Crippen LogP contribution in [0.1, 0.15) is 54.1 Å². The minimum atomic E-state index is -1.11. The monoisotopic (exact) mass is 1070 g/mol. The number of carbonyl (C=O) groups is 6. The molecule has 8 rings (SSSR count). The highest BCUT2D eigenvalue weighted by molar-refractivity contribution is 8.77. The molecule has 8 aromatic carbocycles. The zero-order valence-electron chi connectivity index (χ0n) is 42.5. The number of amides is 4. The van der Waals surface area contributed by atoms with Crippen LogP contribution < -0.4 is 21.3 Å². The third-order valence-corrected chi connectivity index (χ3v) is 16.1. The number of hydrogen-bond acceptors (Lipinski definition) is 8. The van der Waals surface area contributed by atoms with E-state index in [1.165, 1.54) is 24.3 Å². The molecule has 6 N–H and O–H groups in total. The van der Waals surface area contributed by atoms with E-state index in [2.05, 4.69) is 21.3 Å². The molecule has 0 saturated heterocycles. The fourth-order valence-corrected chi connectivity index (χ4v) is 11.5. The summed E-state index contributed by atoms with van der Waals surface area (Å²) in [6.45, 7) is 0.439. The number of nitrogens with one attached hydrogen (secondary N) is 4. The number of hydrogen-bond donors (Lipinski definition) is 6. The SMILES string of the molecule is O=C(O)c1ccc(C[C@H](SS[C@@H](Cc2ccc(C(=O)O)cc2)C(=O)N[C@@H](Cc2ccc(-c3ccccc3)cc2)C(=O)NCc2ccccc2)C(=O)N[C@@H](Cc2ccc(-c3ccccc3)cc2)C(=O)NCc2ccccc2)cc1. The van der Waals surface area contributed by atoms with Crippen molar-refractivity contribution in [3.8, 4) is 22.3 Å². The molecule has 0 aliphatic carbocycles. The maximum absolute atomic E-state index is 14.9. The zero-order chi connectivity index (χ0) is 54.6. The third kappa shape index (κ3) is 16.4. The second kappa shape index (κ2) is 27.9. The van der Waals surface area contributed by atoms with Crippen LogP contribution in [0.25, 0.3) is 22.3 Å². The molecular weight excluding hydrogens is 1020 g/mol. The van der Waals surface area contributed by atoms with E-state index in [4.69, 9.17) is 0 Å². The van der Waals surface area contributed by atoms with Gasteiger partial charge in [-0.2, -0.15) is 0 Å². The highest BCUT2D eigenvalue weighted by Gasteiger charge is 2.32. The highest BCUT2D eigenvalue weighted by Crippen LogP contribution is 2.36. The van der Waals surface area contributed by atoms with Crippen molar-refractivity contribution in [2.24, 2.45) is 0 Å². The summed E-state index contributed by atoms with van der Waals surface area (Å²) in [7, 11) is 2.23. The Morgan fingerprint density at radius 1 is 0.321 bits per heavy atom. The maximum atomic E-state index is 14.9. The first kappa shape index (κ1) is 55.5. The Labute approximate surface area is 461 Å². The van der Waals surface area contributed by atoms with E-state index >= 15 is 0 Å². The summed E-state index contributed by atoms with van der Waals surface area (Å²) in [6.07, 6.45) is 0.468. The van der Waals surface area contributed by atoms with Crippen molar-refractivity contribution >= 4 is 57.2 Å². The Balaban J connectivity index is 1.08. The van der Waals surface area contributed by atoms with Crippen molar-refractivity contribution in [2.45, 2.75) is 61.4 Å². The van der Waals surface area contributed by atoms with Gasteiger partial charge >= 0.3 is 11.9 Å². The number of aromatic carboxylic acids is 2. The van der Waals surface area contributed by atoms with Gasteiger partial charge in [0.25, 0.3) is 0 Å². The van der Waals surface area contributed by atoms with Crippen LogP contribution in [0, 0.1) is 0 Å². The quantitative estimate of drug-likeness (QED) is 0.0300. The fraction of sp³-hybridized carbons (Fsp3) is 0.156. The number of rotatable bonds is 25. The largest absolute Gasteiger partial charge is 0.478 e. The van der Waals surface area contributed by atoms with Crippen molar-refractivity contribution in [1.29, 1.82) is 0 Å². The van der Waals surface area contributed by atoms with Gasteiger partial charge in [-0.25, -0.2) is 9.59 Å². The summed E-state index contributed by atoms with van der Waals surface area (Å²) >= 11 is 0. The lowest BCUT2D eigenvalue weighted by atomic mass is 10.00. The summed E-state index contributed by atoms with van der Waals surface area (Å²) in [4.78, 5) is 82.0. The van der Waals surface area contributed by atoms with Crippen molar-refractivity contribution in [3.63, 3.8) is 0 Å². The number of carboxylic acids is 2. The number of benzene rings is 8. The van der Waals surface area contributed by atoms with Crippen LogP contribution in [0.4, 0.5) is 0 Å². The molecule has 0 aliphatic heterocycles. The highest BCUT2D eigenvalue weighted by atomic mass is 33.1. The maximum Gasteiger partial charge on any atom is 0.335 e. The molecule has 0 radical (unpaired) electrons. The first-order valence-corrected chi connectivity index (χ1v) is 27.7. The fourth-order valence-electron chi connectivity index (χ4n) is 8.63. The van der Waals surface area contributed by atoms with Crippen LogP contribution in [0.5, 0.6) is 0 Å². The van der Waals surface area contributed by atoms with Gasteiger partial charge in [-0.3, -0.25) is 19.2 Å². The average Bonchev–Trinajstić information content (AvgIpc) is 3.48. The molecule has 78 heavy (non-hydrogen) atoms. The van der Waals surface area contributed by atoms with Gasteiger partial charge in [0.2, 0.25) is 23.6 Å². The van der Waals surface area contributed by atoms with Crippen LogP contribution in [0.15, 0.2) is 218 Å². The summed E-state index contributed by atoms with van der Waals surface area (Å²) in [5.74, 6) is -4.04. The van der Waals surface area contributed by atoms with E-state index in [0.29, 0.717) is 11.1 Å². The molecule has 14 heteroatoms. The molecule has 0 heterocycles. The van der Waals surface area contributed by atoms with Crippen molar-refractivity contribution in [3.05, 3.63) is 263 Å². The van der Waals surface area contributed by atoms with Crippen LogP contribution >= 0.6 is 21.6 Å². The van der Waals surface area contributed by atoms with Gasteiger partial charge in [-0.15, -0.1) is 0 Å². The predicted octanol–water partition coefficient (Wildman–Crippen LogP) is 10.4. The molecule has 394 valence electrons. The van der Waals surface area contributed by atoms with Gasteiger partial charge in [-0.05, 0) is 92.7 Å². The summed E-state index contributed by atoms with van der Waals surface area (Å²) in [5, 5.41) is 29.6. The Morgan fingerprint density at radius 3 is 0.923 bits per heavy atom. The summed E-state index contributed by atoms with van der Waals surface area (Å²) < 4.78 is 0. The van der Waals surface area contributed by atoms with E-state index in [1.54, 1.807) is 24.3 Å². The first-order chi connectivity index (χ1) is 37.9. The van der Waals surface area contributed by atoms with Crippen molar-refractivity contribution in [1.82, 2.24) is 21.3 Å². The van der Waals surface area contributed by atoms with E-state index in [9.17, 15) is 39.0 Å². The normalized spacial score (nSPS) is 12.5.